The monoisotopic (exact) mass is 612 g/mol. The van der Waals surface area contributed by atoms with Crippen LogP contribution in [-0.2, 0) is 4.79 Å². The fraction of sp³-hybridized carbons (Fsp3) is 0.974. The fourth-order valence-corrected chi connectivity index (χ4v) is 6.13. The van der Waals surface area contributed by atoms with Crippen molar-refractivity contribution in [2.24, 2.45) is 0 Å². The fourth-order valence-electron chi connectivity index (χ4n) is 6.13. The number of hydrogen-bond acceptors (Lipinski definition) is 4. The molecule has 0 heterocycles. The van der Waals surface area contributed by atoms with E-state index < -0.39 is 24.2 Å². The SMILES string of the molecule is CCCCCCCCCCCCCCCCC[C@@H](O)[C@H](CO)NC(=O)C(O)CCCCCCCCCCCCCCCC. The molecular formula is C38H77NO4. The number of carbonyl (C=O) groups excluding carboxylic acids is 1. The van der Waals surface area contributed by atoms with Crippen molar-refractivity contribution in [3.63, 3.8) is 0 Å². The maximum atomic E-state index is 12.4. The number of nitrogens with one attached hydrogen (secondary N) is 1. The smallest absolute Gasteiger partial charge is 0.249 e. The number of aliphatic hydroxyl groups is 3. The van der Waals surface area contributed by atoms with Crippen molar-refractivity contribution in [1.29, 1.82) is 0 Å². The lowest BCUT2D eigenvalue weighted by atomic mass is 10.0. The van der Waals surface area contributed by atoms with E-state index in [1.807, 2.05) is 0 Å². The molecule has 0 aliphatic rings. The van der Waals surface area contributed by atoms with Gasteiger partial charge < -0.3 is 20.6 Å². The van der Waals surface area contributed by atoms with Crippen LogP contribution in [0.15, 0.2) is 0 Å². The van der Waals surface area contributed by atoms with Crippen molar-refractivity contribution in [2.75, 3.05) is 6.61 Å². The van der Waals surface area contributed by atoms with Gasteiger partial charge in [0.15, 0.2) is 0 Å². The van der Waals surface area contributed by atoms with Crippen LogP contribution in [0.25, 0.3) is 0 Å². The summed E-state index contributed by atoms with van der Waals surface area (Å²) in [6, 6.07) is -0.704. The lowest BCUT2D eigenvalue weighted by Gasteiger charge is -2.23. The van der Waals surface area contributed by atoms with Crippen molar-refractivity contribution in [2.45, 2.75) is 231 Å². The van der Waals surface area contributed by atoms with Gasteiger partial charge >= 0.3 is 0 Å². The summed E-state index contributed by atoms with van der Waals surface area (Å²) in [4.78, 5) is 12.4. The first kappa shape index (κ1) is 42.3. The molecular weight excluding hydrogens is 534 g/mol. The summed E-state index contributed by atoms with van der Waals surface area (Å²) >= 11 is 0. The minimum Gasteiger partial charge on any atom is -0.394 e. The van der Waals surface area contributed by atoms with Crippen LogP contribution >= 0.6 is 0 Å². The van der Waals surface area contributed by atoms with Crippen LogP contribution in [0.3, 0.4) is 0 Å². The predicted octanol–water partition coefficient (Wildman–Crippen LogP) is 10.3. The van der Waals surface area contributed by atoms with E-state index in [2.05, 4.69) is 19.2 Å². The third-order valence-corrected chi connectivity index (χ3v) is 9.23. The van der Waals surface area contributed by atoms with E-state index >= 15 is 0 Å². The minimum atomic E-state index is -1.07. The van der Waals surface area contributed by atoms with Crippen LogP contribution in [-0.4, -0.2) is 46.1 Å². The van der Waals surface area contributed by atoms with Crippen molar-refractivity contribution < 1.29 is 20.1 Å². The Morgan fingerprint density at radius 1 is 0.465 bits per heavy atom. The highest BCUT2D eigenvalue weighted by Gasteiger charge is 2.23. The van der Waals surface area contributed by atoms with E-state index in [0.717, 1.165) is 32.1 Å². The topological polar surface area (TPSA) is 89.8 Å². The Morgan fingerprint density at radius 2 is 0.744 bits per heavy atom. The molecule has 0 radical (unpaired) electrons. The van der Waals surface area contributed by atoms with Gasteiger partial charge in [-0.25, -0.2) is 0 Å². The van der Waals surface area contributed by atoms with Crippen LogP contribution in [0.2, 0.25) is 0 Å². The average molecular weight is 612 g/mol. The lowest BCUT2D eigenvalue weighted by molar-refractivity contribution is -0.131. The van der Waals surface area contributed by atoms with Crippen LogP contribution in [0, 0.1) is 0 Å². The average Bonchev–Trinajstić information content (AvgIpc) is 3.01. The van der Waals surface area contributed by atoms with E-state index in [1.54, 1.807) is 0 Å². The highest BCUT2D eigenvalue weighted by molar-refractivity contribution is 5.80. The summed E-state index contributed by atoms with van der Waals surface area (Å²) < 4.78 is 0. The van der Waals surface area contributed by atoms with E-state index in [0.29, 0.717) is 12.8 Å². The predicted molar refractivity (Wildman–Crippen MR) is 186 cm³/mol. The Bertz CT molecular complexity index is 558. The van der Waals surface area contributed by atoms with Gasteiger partial charge in [-0.05, 0) is 12.8 Å². The van der Waals surface area contributed by atoms with Crippen molar-refractivity contribution >= 4 is 5.91 Å². The third-order valence-electron chi connectivity index (χ3n) is 9.23. The quantitative estimate of drug-likeness (QED) is 0.0537. The molecule has 43 heavy (non-hydrogen) atoms. The van der Waals surface area contributed by atoms with Crippen molar-refractivity contribution in [3.8, 4) is 0 Å². The number of rotatable bonds is 35. The summed E-state index contributed by atoms with van der Waals surface area (Å²) in [5, 5.41) is 33.2. The lowest BCUT2D eigenvalue weighted by Crippen LogP contribution is -2.49. The molecule has 5 heteroatoms. The molecule has 0 aliphatic heterocycles. The van der Waals surface area contributed by atoms with Gasteiger partial charge in [-0.3, -0.25) is 4.79 Å². The molecule has 5 nitrogen and oxygen atoms in total. The van der Waals surface area contributed by atoms with Gasteiger partial charge in [0.05, 0.1) is 18.8 Å². The molecule has 0 aromatic rings. The van der Waals surface area contributed by atoms with E-state index in [9.17, 15) is 20.1 Å². The standard InChI is InChI=1S/C38H77NO4/c1-3-5-7-9-11-13-15-17-19-21-22-24-26-28-30-32-36(41)35(34-40)39-38(43)37(42)33-31-29-27-25-23-20-18-16-14-12-10-8-6-4-2/h35-37,40-42H,3-34H2,1-2H3,(H,39,43)/t35-,36+,37?/m0/s1. The molecule has 4 N–H and O–H groups in total. The first-order valence-electron chi connectivity index (χ1n) is 19.3. The molecule has 0 bridgehead atoms. The molecule has 0 aromatic carbocycles. The molecule has 0 aromatic heterocycles. The van der Waals surface area contributed by atoms with Gasteiger partial charge in [0.2, 0.25) is 5.91 Å². The van der Waals surface area contributed by atoms with Gasteiger partial charge in [-0.2, -0.15) is 0 Å². The maximum absolute atomic E-state index is 12.4. The largest absolute Gasteiger partial charge is 0.394 e. The molecule has 1 unspecified atom stereocenters. The Balaban J connectivity index is 3.64. The molecule has 0 saturated carbocycles. The second kappa shape index (κ2) is 34.2. The molecule has 3 atom stereocenters. The second-order valence-corrected chi connectivity index (χ2v) is 13.5. The van der Waals surface area contributed by atoms with E-state index in [4.69, 9.17) is 0 Å². The van der Waals surface area contributed by atoms with Crippen LogP contribution < -0.4 is 5.32 Å². The Labute approximate surface area is 268 Å². The molecule has 0 aliphatic carbocycles. The van der Waals surface area contributed by atoms with Gasteiger partial charge in [0.1, 0.15) is 6.10 Å². The molecule has 0 fully saturated rings. The molecule has 0 saturated heterocycles. The Hall–Kier alpha value is -0.650. The number of hydrogen-bond donors (Lipinski definition) is 4. The number of carbonyl (C=O) groups is 1. The summed E-state index contributed by atoms with van der Waals surface area (Å²) in [6.07, 6.45) is 36.5. The second-order valence-electron chi connectivity index (χ2n) is 13.5. The van der Waals surface area contributed by atoms with Crippen LogP contribution in [0.5, 0.6) is 0 Å². The summed E-state index contributed by atoms with van der Waals surface area (Å²) in [7, 11) is 0. The normalized spacial score (nSPS) is 13.7. The zero-order chi connectivity index (χ0) is 31.6. The van der Waals surface area contributed by atoms with Crippen LogP contribution in [0.1, 0.15) is 213 Å². The number of amides is 1. The summed E-state index contributed by atoms with van der Waals surface area (Å²) in [5.41, 5.74) is 0. The first-order chi connectivity index (χ1) is 21.1. The van der Waals surface area contributed by atoms with Gasteiger partial charge in [-0.1, -0.05) is 200 Å². The van der Waals surface area contributed by atoms with Crippen LogP contribution in [0.4, 0.5) is 0 Å². The molecule has 1 amide bonds. The maximum Gasteiger partial charge on any atom is 0.249 e. The first-order valence-corrected chi connectivity index (χ1v) is 19.3. The van der Waals surface area contributed by atoms with Gasteiger partial charge in [0.25, 0.3) is 0 Å². The molecule has 258 valence electrons. The zero-order valence-corrected chi connectivity index (χ0v) is 29.1. The van der Waals surface area contributed by atoms with E-state index in [-0.39, 0.29) is 6.61 Å². The number of unbranched alkanes of at least 4 members (excludes halogenated alkanes) is 27. The highest BCUT2D eigenvalue weighted by atomic mass is 16.3. The van der Waals surface area contributed by atoms with E-state index in [1.165, 1.54) is 154 Å². The molecule has 0 spiro atoms. The Kier molecular flexibility index (Phi) is 33.7. The zero-order valence-electron chi connectivity index (χ0n) is 29.1. The molecule has 0 rings (SSSR count). The van der Waals surface area contributed by atoms with Crippen molar-refractivity contribution in [1.82, 2.24) is 5.32 Å². The minimum absolute atomic E-state index is 0.308. The number of aliphatic hydroxyl groups excluding tert-OH is 3. The van der Waals surface area contributed by atoms with Crippen molar-refractivity contribution in [3.05, 3.63) is 0 Å². The Morgan fingerprint density at radius 3 is 1.05 bits per heavy atom. The third kappa shape index (κ3) is 29.8. The summed E-state index contributed by atoms with van der Waals surface area (Å²) in [5.74, 6) is -0.468. The van der Waals surface area contributed by atoms with Gasteiger partial charge in [0, 0.05) is 0 Å². The summed E-state index contributed by atoms with van der Waals surface area (Å²) in [6.45, 7) is 4.23. The highest BCUT2D eigenvalue weighted by Crippen LogP contribution is 2.16. The van der Waals surface area contributed by atoms with Gasteiger partial charge in [-0.15, -0.1) is 0 Å².